The van der Waals surface area contributed by atoms with Crippen molar-refractivity contribution in [2.75, 3.05) is 6.61 Å². The largest absolute Gasteiger partial charge is 0.497 e. The van der Waals surface area contributed by atoms with Crippen LogP contribution in [0.2, 0.25) is 0 Å². The van der Waals surface area contributed by atoms with Crippen LogP contribution >= 0.6 is 0 Å². The fourth-order valence-electron chi connectivity index (χ4n) is 2.79. The minimum Gasteiger partial charge on any atom is -0.497 e. The lowest BCUT2D eigenvalue weighted by atomic mass is 9.88. The lowest BCUT2D eigenvalue weighted by molar-refractivity contribution is -0.138. The number of aliphatic hydroxyl groups is 2. The second-order valence-electron chi connectivity index (χ2n) is 6.00. The van der Waals surface area contributed by atoms with E-state index in [1.165, 1.54) is 0 Å². The third-order valence-corrected chi connectivity index (χ3v) is 4.18. The Morgan fingerprint density at radius 3 is 2.73 bits per heavy atom. The quantitative estimate of drug-likeness (QED) is 0.700. The summed E-state index contributed by atoms with van der Waals surface area (Å²) in [4.78, 5) is 10.6. The van der Waals surface area contributed by atoms with Gasteiger partial charge in [-0.1, -0.05) is 18.2 Å². The molecule has 0 radical (unpaired) electrons. The number of aliphatic hydroxyl groups excluding tert-OH is 2. The third kappa shape index (κ3) is 5.31. The summed E-state index contributed by atoms with van der Waals surface area (Å²) < 4.78 is 5.83. The molecule has 1 saturated carbocycles. The Labute approximate surface area is 130 Å². The number of carboxylic acid groups (broad SMARTS) is 1. The predicted octanol–water partition coefficient (Wildman–Crippen LogP) is 2.16. The minimum absolute atomic E-state index is 0.155. The molecule has 0 bridgehead atoms. The highest BCUT2D eigenvalue weighted by Crippen LogP contribution is 2.26. The van der Waals surface area contributed by atoms with Gasteiger partial charge in [-0.15, -0.1) is 0 Å². The molecule has 0 aromatic carbocycles. The van der Waals surface area contributed by atoms with Gasteiger partial charge in [-0.25, -0.2) is 0 Å². The Hall–Kier alpha value is -1.59. The van der Waals surface area contributed by atoms with Crippen molar-refractivity contribution in [3.05, 3.63) is 35.6 Å². The molecule has 1 unspecified atom stereocenters. The Balaban J connectivity index is 1.80. The van der Waals surface area contributed by atoms with E-state index < -0.39 is 12.1 Å². The SMILES string of the molecule is O=C(O)CC(O)C1=CCC(OCC2CCC(O)CC2)=CC=C1. The van der Waals surface area contributed by atoms with E-state index >= 15 is 0 Å². The Bertz CT molecular complexity index is 469. The zero-order chi connectivity index (χ0) is 15.9. The molecule has 0 spiro atoms. The number of carbonyl (C=O) groups is 1. The molecule has 3 N–H and O–H groups in total. The molecule has 22 heavy (non-hydrogen) atoms. The summed E-state index contributed by atoms with van der Waals surface area (Å²) in [5.41, 5.74) is 0.609. The normalized spacial score (nSPS) is 26.6. The molecular weight excluding hydrogens is 284 g/mol. The van der Waals surface area contributed by atoms with E-state index in [1.54, 1.807) is 12.2 Å². The monoisotopic (exact) mass is 308 g/mol. The van der Waals surface area contributed by atoms with E-state index in [4.69, 9.17) is 9.84 Å². The standard InChI is InChI=1S/C17H24O5/c18-14-7-4-12(5-8-14)11-22-15-3-1-2-13(6-9-15)16(19)10-17(20)21/h1-3,6,12,14,16,18-19H,4-5,7-11H2,(H,20,21). The van der Waals surface area contributed by atoms with Crippen molar-refractivity contribution < 1.29 is 24.9 Å². The van der Waals surface area contributed by atoms with Crippen LogP contribution < -0.4 is 0 Å². The maximum atomic E-state index is 10.6. The van der Waals surface area contributed by atoms with Crippen molar-refractivity contribution in [2.45, 2.75) is 50.7 Å². The van der Waals surface area contributed by atoms with Crippen LogP contribution in [0.15, 0.2) is 35.6 Å². The van der Waals surface area contributed by atoms with Crippen molar-refractivity contribution in [2.24, 2.45) is 5.92 Å². The first-order valence-corrected chi connectivity index (χ1v) is 7.82. The van der Waals surface area contributed by atoms with Crippen LogP contribution in [-0.4, -0.2) is 40.1 Å². The zero-order valence-electron chi connectivity index (χ0n) is 12.6. The molecule has 0 aromatic heterocycles. The maximum absolute atomic E-state index is 10.6. The number of carboxylic acids is 1. The van der Waals surface area contributed by atoms with Gasteiger partial charge in [0.1, 0.15) is 0 Å². The molecule has 0 aliphatic heterocycles. The molecule has 5 heteroatoms. The van der Waals surface area contributed by atoms with Gasteiger partial charge in [0.15, 0.2) is 0 Å². The highest BCUT2D eigenvalue weighted by Gasteiger charge is 2.20. The fraction of sp³-hybridized carbons (Fsp3) is 0.588. The molecule has 0 heterocycles. The second-order valence-corrected chi connectivity index (χ2v) is 6.00. The van der Waals surface area contributed by atoms with Gasteiger partial charge >= 0.3 is 5.97 Å². The molecule has 0 aromatic rings. The van der Waals surface area contributed by atoms with Gasteiger partial charge in [-0.05, 0) is 43.3 Å². The molecule has 0 saturated heterocycles. The summed E-state index contributed by atoms with van der Waals surface area (Å²) in [7, 11) is 0. The average Bonchev–Trinajstić information content (AvgIpc) is 2.71. The predicted molar refractivity (Wildman–Crippen MR) is 82.1 cm³/mol. The molecule has 5 nitrogen and oxygen atoms in total. The molecular formula is C17H24O5. The summed E-state index contributed by atoms with van der Waals surface area (Å²) >= 11 is 0. The van der Waals surface area contributed by atoms with Gasteiger partial charge < -0.3 is 20.1 Å². The molecule has 0 amide bonds. The van der Waals surface area contributed by atoms with E-state index in [-0.39, 0.29) is 12.5 Å². The first-order valence-electron chi connectivity index (χ1n) is 7.82. The smallest absolute Gasteiger partial charge is 0.306 e. The number of hydrogen-bond acceptors (Lipinski definition) is 4. The van der Waals surface area contributed by atoms with Crippen LogP contribution in [0.3, 0.4) is 0 Å². The van der Waals surface area contributed by atoms with Crippen LogP contribution in [0, 0.1) is 5.92 Å². The highest BCUT2D eigenvalue weighted by atomic mass is 16.5. The Morgan fingerprint density at radius 1 is 1.32 bits per heavy atom. The summed E-state index contributed by atoms with van der Waals surface area (Å²) in [6.07, 6.45) is 9.96. The van der Waals surface area contributed by atoms with E-state index in [0.29, 0.717) is 24.5 Å². The van der Waals surface area contributed by atoms with Crippen molar-refractivity contribution in [3.63, 3.8) is 0 Å². The first-order chi connectivity index (χ1) is 10.5. The summed E-state index contributed by atoms with van der Waals surface area (Å²) in [6, 6.07) is 0. The van der Waals surface area contributed by atoms with Crippen LogP contribution in [0.25, 0.3) is 0 Å². The summed E-state index contributed by atoms with van der Waals surface area (Å²) in [5, 5.41) is 28.0. The van der Waals surface area contributed by atoms with Crippen LogP contribution in [0.4, 0.5) is 0 Å². The van der Waals surface area contributed by atoms with Crippen molar-refractivity contribution >= 4 is 5.97 Å². The van der Waals surface area contributed by atoms with Gasteiger partial charge in [0, 0.05) is 6.42 Å². The van der Waals surface area contributed by atoms with E-state index in [2.05, 4.69) is 0 Å². The molecule has 2 aliphatic rings. The molecule has 1 fully saturated rings. The van der Waals surface area contributed by atoms with Crippen LogP contribution in [0.1, 0.15) is 38.5 Å². The molecule has 1 atom stereocenters. The van der Waals surface area contributed by atoms with Crippen LogP contribution in [0.5, 0.6) is 0 Å². The summed E-state index contributed by atoms with van der Waals surface area (Å²) in [6.45, 7) is 0.646. The van der Waals surface area contributed by atoms with Crippen molar-refractivity contribution in [1.29, 1.82) is 0 Å². The summed E-state index contributed by atoms with van der Waals surface area (Å²) in [5.74, 6) is 0.285. The van der Waals surface area contributed by atoms with Gasteiger partial charge in [0.25, 0.3) is 0 Å². The second kappa shape index (κ2) is 8.15. The van der Waals surface area contributed by atoms with Crippen molar-refractivity contribution in [3.8, 4) is 0 Å². The average molecular weight is 308 g/mol. The Kier molecular flexibility index (Phi) is 6.21. The lowest BCUT2D eigenvalue weighted by Gasteiger charge is -2.25. The van der Waals surface area contributed by atoms with E-state index in [1.807, 2.05) is 12.2 Å². The molecule has 122 valence electrons. The molecule has 2 rings (SSSR count). The maximum Gasteiger partial charge on any atom is 0.306 e. The number of allylic oxidation sites excluding steroid dienone is 3. The van der Waals surface area contributed by atoms with Gasteiger partial charge in [0.2, 0.25) is 0 Å². The Morgan fingerprint density at radius 2 is 2.05 bits per heavy atom. The third-order valence-electron chi connectivity index (χ3n) is 4.18. The van der Waals surface area contributed by atoms with E-state index in [9.17, 15) is 15.0 Å². The van der Waals surface area contributed by atoms with Gasteiger partial charge in [0.05, 0.1) is 31.0 Å². The minimum atomic E-state index is -1.02. The molecule has 2 aliphatic carbocycles. The van der Waals surface area contributed by atoms with Gasteiger partial charge in [-0.2, -0.15) is 0 Å². The number of hydrogen-bond donors (Lipinski definition) is 3. The highest BCUT2D eigenvalue weighted by molar-refractivity contribution is 5.68. The zero-order valence-corrected chi connectivity index (χ0v) is 12.6. The number of aliphatic carboxylic acids is 1. The topological polar surface area (TPSA) is 87.0 Å². The van der Waals surface area contributed by atoms with Crippen LogP contribution in [-0.2, 0) is 9.53 Å². The number of ether oxygens (including phenoxy) is 1. The number of rotatable bonds is 6. The van der Waals surface area contributed by atoms with Gasteiger partial charge in [-0.3, -0.25) is 4.79 Å². The van der Waals surface area contributed by atoms with E-state index in [0.717, 1.165) is 31.4 Å². The lowest BCUT2D eigenvalue weighted by Crippen LogP contribution is -2.21. The fourth-order valence-corrected chi connectivity index (χ4v) is 2.79. The van der Waals surface area contributed by atoms with Crippen molar-refractivity contribution in [1.82, 2.24) is 0 Å². The first kappa shape index (κ1) is 16.8.